The van der Waals surface area contributed by atoms with Crippen molar-refractivity contribution in [3.8, 4) is 11.4 Å². The van der Waals surface area contributed by atoms with Gasteiger partial charge in [0.05, 0.1) is 0 Å². The highest BCUT2D eigenvalue weighted by Crippen LogP contribution is 2.27. The molecule has 0 bridgehead atoms. The first-order valence-corrected chi connectivity index (χ1v) is 5.56. The lowest BCUT2D eigenvalue weighted by molar-refractivity contribution is 0.756. The monoisotopic (exact) mass is 225 g/mol. The summed E-state index contributed by atoms with van der Waals surface area (Å²) in [7, 11) is 1.87. The molecule has 0 amide bonds. The summed E-state index contributed by atoms with van der Waals surface area (Å²) in [5.74, 6) is 0.861. The topological polar surface area (TPSA) is 33.6 Å². The summed E-state index contributed by atoms with van der Waals surface area (Å²) in [6.45, 7) is 4.22. The number of thiophene rings is 1. The molecule has 2 heterocycles. The summed E-state index contributed by atoms with van der Waals surface area (Å²) in [6, 6.07) is 0. The molecule has 74 valence electrons. The average Bonchev–Trinajstić information content (AvgIpc) is 2.61. The van der Waals surface area contributed by atoms with Gasteiger partial charge in [0.1, 0.15) is 0 Å². The summed E-state index contributed by atoms with van der Waals surface area (Å²) < 4.78 is 2.33. The summed E-state index contributed by atoms with van der Waals surface area (Å²) in [4.78, 5) is 5.61. The zero-order chi connectivity index (χ0) is 10.3. The van der Waals surface area contributed by atoms with Crippen LogP contribution in [0.25, 0.3) is 11.4 Å². The Bertz CT molecular complexity index is 518. The Morgan fingerprint density at radius 3 is 2.64 bits per heavy atom. The van der Waals surface area contributed by atoms with Gasteiger partial charge in [0.2, 0.25) is 4.77 Å². The van der Waals surface area contributed by atoms with Crippen LogP contribution in [0.4, 0.5) is 0 Å². The molecule has 1 N–H and O–H groups in total. The van der Waals surface area contributed by atoms with Gasteiger partial charge in [-0.05, 0) is 31.6 Å². The van der Waals surface area contributed by atoms with Crippen molar-refractivity contribution in [1.82, 2.24) is 14.8 Å². The predicted molar refractivity (Wildman–Crippen MR) is 61.2 cm³/mol. The van der Waals surface area contributed by atoms with Crippen LogP contribution >= 0.6 is 23.6 Å². The lowest BCUT2D eigenvalue weighted by atomic mass is 10.2. The van der Waals surface area contributed by atoms with Crippen molar-refractivity contribution in [3.63, 3.8) is 0 Å². The first kappa shape index (κ1) is 9.61. The third-order valence-corrected chi connectivity index (χ3v) is 3.69. The smallest absolute Gasteiger partial charge is 0.216 e. The van der Waals surface area contributed by atoms with Crippen LogP contribution in [0.3, 0.4) is 0 Å². The summed E-state index contributed by atoms with van der Waals surface area (Å²) in [6.07, 6.45) is 0. The van der Waals surface area contributed by atoms with Crippen LogP contribution < -0.4 is 0 Å². The van der Waals surface area contributed by atoms with Gasteiger partial charge in [0.25, 0.3) is 0 Å². The van der Waals surface area contributed by atoms with E-state index in [0.29, 0.717) is 4.77 Å². The first-order valence-electron chi connectivity index (χ1n) is 4.27. The largest absolute Gasteiger partial charge is 0.279 e. The molecule has 2 rings (SSSR count). The predicted octanol–water partition coefficient (Wildman–Crippen LogP) is 2.82. The van der Waals surface area contributed by atoms with E-state index in [1.807, 2.05) is 7.05 Å². The summed E-state index contributed by atoms with van der Waals surface area (Å²) in [5.41, 5.74) is 2.43. The minimum absolute atomic E-state index is 0.586. The molecule has 0 unspecified atom stereocenters. The summed E-state index contributed by atoms with van der Waals surface area (Å²) >= 11 is 6.79. The van der Waals surface area contributed by atoms with Crippen molar-refractivity contribution in [2.45, 2.75) is 13.8 Å². The average molecular weight is 225 g/mol. The lowest BCUT2D eigenvalue weighted by Gasteiger charge is -1.94. The molecule has 14 heavy (non-hydrogen) atoms. The number of hydrogen-bond acceptors (Lipinski definition) is 3. The van der Waals surface area contributed by atoms with E-state index >= 15 is 0 Å². The number of H-pyrrole nitrogens is 1. The number of hydrogen-bond donors (Lipinski definition) is 1. The highest BCUT2D eigenvalue weighted by Gasteiger charge is 2.09. The van der Waals surface area contributed by atoms with Crippen molar-refractivity contribution in [1.29, 1.82) is 0 Å². The number of rotatable bonds is 1. The Labute approximate surface area is 91.4 Å². The zero-order valence-electron chi connectivity index (χ0n) is 8.29. The van der Waals surface area contributed by atoms with Crippen LogP contribution in [-0.4, -0.2) is 14.8 Å². The van der Waals surface area contributed by atoms with Crippen LogP contribution in [-0.2, 0) is 7.05 Å². The SMILES string of the molecule is Cc1scc(-c2nc(=S)n(C)[nH]2)c1C. The Balaban J connectivity index is 2.60. The molecule has 3 nitrogen and oxygen atoms in total. The van der Waals surface area contributed by atoms with Crippen molar-refractivity contribution < 1.29 is 0 Å². The van der Waals surface area contributed by atoms with Gasteiger partial charge in [-0.2, -0.15) is 4.98 Å². The second-order valence-corrected chi connectivity index (χ2v) is 4.69. The molecule has 0 saturated heterocycles. The second kappa shape index (κ2) is 3.33. The maximum atomic E-state index is 5.05. The van der Waals surface area contributed by atoms with Crippen LogP contribution in [0, 0.1) is 18.6 Å². The molecular weight excluding hydrogens is 214 g/mol. The molecule has 5 heteroatoms. The number of aromatic amines is 1. The highest BCUT2D eigenvalue weighted by molar-refractivity contribution is 7.71. The molecule has 0 aliphatic rings. The van der Waals surface area contributed by atoms with E-state index in [0.717, 1.165) is 11.4 Å². The van der Waals surface area contributed by atoms with Crippen LogP contribution in [0.15, 0.2) is 5.38 Å². The van der Waals surface area contributed by atoms with Crippen molar-refractivity contribution in [3.05, 3.63) is 20.6 Å². The molecule has 0 spiro atoms. The van der Waals surface area contributed by atoms with E-state index in [9.17, 15) is 0 Å². The number of nitrogens with zero attached hydrogens (tertiary/aromatic N) is 2. The zero-order valence-corrected chi connectivity index (χ0v) is 9.92. The van der Waals surface area contributed by atoms with Gasteiger partial charge in [-0.15, -0.1) is 11.3 Å². The lowest BCUT2D eigenvalue weighted by Crippen LogP contribution is -1.89. The van der Waals surface area contributed by atoms with Gasteiger partial charge in [-0.1, -0.05) is 0 Å². The molecule has 0 aliphatic carbocycles. The number of aryl methyl sites for hydroxylation is 2. The van der Waals surface area contributed by atoms with E-state index < -0.39 is 0 Å². The fourth-order valence-electron chi connectivity index (χ4n) is 1.27. The second-order valence-electron chi connectivity index (χ2n) is 3.24. The Kier molecular flexibility index (Phi) is 2.28. The van der Waals surface area contributed by atoms with Crippen molar-refractivity contribution >= 4 is 23.6 Å². The van der Waals surface area contributed by atoms with Gasteiger partial charge in [0.15, 0.2) is 5.82 Å². The molecule has 0 fully saturated rings. The van der Waals surface area contributed by atoms with E-state index in [1.54, 1.807) is 16.0 Å². The van der Waals surface area contributed by atoms with E-state index in [-0.39, 0.29) is 0 Å². The minimum Gasteiger partial charge on any atom is -0.279 e. The van der Waals surface area contributed by atoms with Crippen molar-refractivity contribution in [2.75, 3.05) is 0 Å². The molecule has 0 aliphatic heterocycles. The Morgan fingerprint density at radius 2 is 2.21 bits per heavy atom. The summed E-state index contributed by atoms with van der Waals surface area (Å²) in [5, 5.41) is 5.23. The molecule has 2 aromatic heterocycles. The maximum absolute atomic E-state index is 5.05. The fourth-order valence-corrected chi connectivity index (χ4v) is 2.28. The fraction of sp³-hybridized carbons (Fsp3) is 0.333. The van der Waals surface area contributed by atoms with Gasteiger partial charge >= 0.3 is 0 Å². The Morgan fingerprint density at radius 1 is 1.50 bits per heavy atom. The first-order chi connectivity index (χ1) is 6.59. The van der Waals surface area contributed by atoms with E-state index in [1.165, 1.54) is 10.4 Å². The molecule has 0 atom stereocenters. The van der Waals surface area contributed by atoms with Gasteiger partial charge in [-0.3, -0.25) is 9.78 Å². The third kappa shape index (κ3) is 1.42. The quantitative estimate of drug-likeness (QED) is 0.757. The highest BCUT2D eigenvalue weighted by atomic mass is 32.1. The van der Waals surface area contributed by atoms with E-state index in [4.69, 9.17) is 12.2 Å². The normalized spacial score (nSPS) is 10.8. The van der Waals surface area contributed by atoms with Gasteiger partial charge in [0, 0.05) is 22.9 Å². The van der Waals surface area contributed by atoms with Gasteiger partial charge in [-0.25, -0.2) is 0 Å². The molecular formula is C9H11N3S2. The molecule has 2 aromatic rings. The van der Waals surface area contributed by atoms with Gasteiger partial charge < -0.3 is 0 Å². The standard InChI is InChI=1S/C9H11N3S2/c1-5-6(2)14-4-7(5)8-10-9(13)12(3)11-8/h4H,1-3H3,(H,10,11,13). The Hall–Kier alpha value is -0.940. The van der Waals surface area contributed by atoms with Crippen molar-refractivity contribution in [2.24, 2.45) is 7.05 Å². The van der Waals surface area contributed by atoms with Crippen LogP contribution in [0.2, 0.25) is 0 Å². The minimum atomic E-state index is 0.586. The molecule has 0 radical (unpaired) electrons. The maximum Gasteiger partial charge on any atom is 0.216 e. The number of nitrogens with one attached hydrogen (secondary N) is 1. The molecule has 0 aromatic carbocycles. The van der Waals surface area contributed by atoms with Crippen LogP contribution in [0.5, 0.6) is 0 Å². The molecule has 0 saturated carbocycles. The van der Waals surface area contributed by atoms with Crippen LogP contribution in [0.1, 0.15) is 10.4 Å². The number of aromatic nitrogens is 3. The third-order valence-electron chi connectivity index (χ3n) is 2.31. The van der Waals surface area contributed by atoms with E-state index in [2.05, 4.69) is 29.3 Å².